The first kappa shape index (κ1) is 34.5. The van der Waals surface area contributed by atoms with Gasteiger partial charge in [-0.25, -0.2) is 0 Å². The number of nitrogens with zero attached hydrogens (tertiary/aromatic N) is 1. The molecule has 1 aromatic carbocycles. The molecule has 236 valence electrons. The van der Waals surface area contributed by atoms with Crippen molar-refractivity contribution >= 4 is 41.4 Å². The highest BCUT2D eigenvalue weighted by molar-refractivity contribution is 5.96. The van der Waals surface area contributed by atoms with Gasteiger partial charge in [-0.15, -0.1) is 0 Å². The number of nitrogens with one attached hydrogen (secondary N) is 5. The lowest BCUT2D eigenvalue weighted by Crippen LogP contribution is -2.56. The molecule has 0 aromatic heterocycles. The summed E-state index contributed by atoms with van der Waals surface area (Å²) >= 11 is 0. The first-order valence-electron chi connectivity index (χ1n) is 14.2. The molecular weight excluding hydrogens is 558 g/mol. The molecule has 1 aromatic rings. The van der Waals surface area contributed by atoms with Gasteiger partial charge in [0.25, 0.3) is 0 Å². The third kappa shape index (κ3) is 12.8. The van der Waals surface area contributed by atoms with E-state index >= 15 is 0 Å². The van der Waals surface area contributed by atoms with Gasteiger partial charge in [-0.2, -0.15) is 0 Å². The van der Waals surface area contributed by atoms with Gasteiger partial charge in [0.2, 0.25) is 35.4 Å². The van der Waals surface area contributed by atoms with Crippen LogP contribution in [0.2, 0.25) is 0 Å². The number of rotatable bonds is 17. The molecule has 0 saturated carbocycles. The third-order valence-corrected chi connectivity index (χ3v) is 6.61. The maximum Gasteiger partial charge on any atom is 0.243 e. The Morgan fingerprint density at radius 2 is 1.65 bits per heavy atom. The van der Waals surface area contributed by atoms with Crippen LogP contribution in [0.5, 0.6) is 0 Å². The first-order chi connectivity index (χ1) is 20.3. The second-order valence-electron chi connectivity index (χ2n) is 10.8. The summed E-state index contributed by atoms with van der Waals surface area (Å²) in [5.74, 6) is -3.45. The lowest BCUT2D eigenvalue weighted by molar-refractivity contribution is -0.133. The summed E-state index contributed by atoms with van der Waals surface area (Å²) in [6.45, 7) is 3.46. The Morgan fingerprint density at radius 3 is 2.23 bits per heavy atom. The molecule has 1 fully saturated rings. The van der Waals surface area contributed by atoms with Crippen LogP contribution in [0.4, 0.5) is 0 Å². The zero-order valence-electron chi connectivity index (χ0n) is 24.6. The molecule has 1 aliphatic rings. The van der Waals surface area contributed by atoms with Gasteiger partial charge in [0.15, 0.2) is 5.96 Å². The van der Waals surface area contributed by atoms with Crippen molar-refractivity contribution in [3.63, 3.8) is 0 Å². The molecule has 1 aliphatic heterocycles. The van der Waals surface area contributed by atoms with Crippen LogP contribution in [-0.2, 0) is 35.2 Å². The number of hydrogen-bond acceptors (Lipinski definition) is 7. The summed E-state index contributed by atoms with van der Waals surface area (Å²) in [6.07, 6.45) is 1.46. The summed E-state index contributed by atoms with van der Waals surface area (Å²) in [6, 6.07) is 5.20. The smallest absolute Gasteiger partial charge is 0.243 e. The normalized spacial score (nSPS) is 16.3. The number of hydrogen-bond donors (Lipinski definition) is 8. The topological polar surface area (TPSA) is 253 Å². The summed E-state index contributed by atoms with van der Waals surface area (Å²) in [5.41, 5.74) is 17.0. The third-order valence-electron chi connectivity index (χ3n) is 6.61. The number of benzene rings is 1. The summed E-state index contributed by atoms with van der Waals surface area (Å²) in [4.78, 5) is 78.9. The van der Waals surface area contributed by atoms with Gasteiger partial charge < -0.3 is 43.8 Å². The van der Waals surface area contributed by atoms with E-state index in [1.165, 1.54) is 0 Å². The largest absolute Gasteiger partial charge is 0.370 e. The zero-order valence-corrected chi connectivity index (χ0v) is 24.6. The fourth-order valence-electron chi connectivity index (χ4n) is 4.44. The molecule has 0 radical (unpaired) electrons. The average molecular weight is 602 g/mol. The van der Waals surface area contributed by atoms with E-state index in [1.807, 2.05) is 19.9 Å². The number of nitrogens with two attached hydrogens (primary N) is 3. The monoisotopic (exact) mass is 601 g/mol. The maximum atomic E-state index is 13.2. The van der Waals surface area contributed by atoms with Crippen molar-refractivity contribution in [3.05, 3.63) is 35.9 Å². The SMILES string of the molecule is CC(C)C[C@H](NC(=O)[C@@H]1CCC(=O)N1)C(=O)NCC(=O)N[C@@H](CCCN=C(N)N)C(=O)N[C@@H](Cc1ccccc1)C(N)=O. The van der Waals surface area contributed by atoms with Gasteiger partial charge >= 0.3 is 0 Å². The van der Waals surface area contributed by atoms with Crippen molar-refractivity contribution in [1.29, 1.82) is 0 Å². The predicted octanol–water partition coefficient (Wildman–Crippen LogP) is -2.34. The van der Waals surface area contributed by atoms with Crippen molar-refractivity contribution in [2.24, 2.45) is 28.1 Å². The second-order valence-corrected chi connectivity index (χ2v) is 10.8. The zero-order chi connectivity index (χ0) is 31.9. The highest BCUT2D eigenvalue weighted by Crippen LogP contribution is 2.10. The van der Waals surface area contributed by atoms with Gasteiger partial charge in [0.1, 0.15) is 24.2 Å². The molecular formula is C28H43N9O6. The standard InChI is InChI=1S/C28H43N9O6/c1-16(2)13-21(37-27(43)19-10-11-22(38)34-19)25(41)33-15-23(39)35-18(9-6-12-32-28(30)31)26(42)36-20(24(29)40)14-17-7-4-3-5-8-17/h3-5,7-8,16,18-21H,6,9-15H2,1-2H3,(H2,29,40)(H,33,41)(H,34,38)(H,35,39)(H,36,42)(H,37,43)(H4,30,31,32)/t18-,19-,20-,21-/m0/s1. The van der Waals surface area contributed by atoms with E-state index in [4.69, 9.17) is 17.2 Å². The van der Waals surface area contributed by atoms with Crippen LogP contribution in [0.1, 0.15) is 51.5 Å². The van der Waals surface area contributed by atoms with Crippen molar-refractivity contribution in [2.45, 2.75) is 76.5 Å². The quantitative estimate of drug-likeness (QED) is 0.0544. The van der Waals surface area contributed by atoms with Crippen molar-refractivity contribution < 1.29 is 28.8 Å². The second kappa shape index (κ2) is 17.3. The van der Waals surface area contributed by atoms with Gasteiger partial charge in [0, 0.05) is 19.4 Å². The number of guanidine groups is 1. The fourth-order valence-corrected chi connectivity index (χ4v) is 4.44. The van der Waals surface area contributed by atoms with Gasteiger partial charge in [-0.3, -0.25) is 33.8 Å². The van der Waals surface area contributed by atoms with E-state index in [-0.39, 0.29) is 43.6 Å². The van der Waals surface area contributed by atoms with Crippen LogP contribution in [0.25, 0.3) is 0 Å². The molecule has 1 saturated heterocycles. The Bertz CT molecular complexity index is 1170. The molecule has 0 unspecified atom stereocenters. The van der Waals surface area contributed by atoms with Gasteiger partial charge in [-0.1, -0.05) is 44.2 Å². The molecule has 0 aliphatic carbocycles. The van der Waals surface area contributed by atoms with E-state index in [1.54, 1.807) is 24.3 Å². The Hall–Kier alpha value is -4.69. The van der Waals surface area contributed by atoms with Crippen LogP contribution in [-0.4, -0.2) is 78.7 Å². The molecule has 2 rings (SSSR count). The maximum absolute atomic E-state index is 13.2. The number of carbonyl (C=O) groups is 6. The van der Waals surface area contributed by atoms with Crippen LogP contribution < -0.4 is 43.8 Å². The highest BCUT2D eigenvalue weighted by Gasteiger charge is 2.31. The van der Waals surface area contributed by atoms with Gasteiger partial charge in [-0.05, 0) is 37.2 Å². The number of primary amides is 1. The molecule has 0 bridgehead atoms. The minimum Gasteiger partial charge on any atom is -0.370 e. The molecule has 6 amide bonds. The molecule has 15 heteroatoms. The summed E-state index contributed by atoms with van der Waals surface area (Å²) < 4.78 is 0. The van der Waals surface area contributed by atoms with Crippen molar-refractivity contribution in [2.75, 3.05) is 13.1 Å². The number of carbonyl (C=O) groups excluding carboxylic acids is 6. The van der Waals surface area contributed by atoms with E-state index in [2.05, 4.69) is 31.6 Å². The molecule has 15 nitrogen and oxygen atoms in total. The fraction of sp³-hybridized carbons (Fsp3) is 0.536. The van der Waals surface area contributed by atoms with Crippen molar-refractivity contribution in [1.82, 2.24) is 26.6 Å². The predicted molar refractivity (Wildman–Crippen MR) is 159 cm³/mol. The Labute approximate surface area is 250 Å². The van der Waals surface area contributed by atoms with E-state index in [9.17, 15) is 28.8 Å². The van der Waals surface area contributed by atoms with Crippen LogP contribution in [0.15, 0.2) is 35.3 Å². The molecule has 1 heterocycles. The Balaban J connectivity index is 2.03. The molecule has 0 spiro atoms. The number of amides is 6. The van der Waals surface area contributed by atoms with Crippen molar-refractivity contribution in [3.8, 4) is 0 Å². The molecule has 11 N–H and O–H groups in total. The highest BCUT2D eigenvalue weighted by atomic mass is 16.2. The molecule has 43 heavy (non-hydrogen) atoms. The van der Waals surface area contributed by atoms with E-state index < -0.39 is 60.2 Å². The number of aliphatic imine (C=N–C) groups is 1. The average Bonchev–Trinajstić information content (AvgIpc) is 3.39. The summed E-state index contributed by atoms with van der Waals surface area (Å²) in [7, 11) is 0. The van der Waals surface area contributed by atoms with E-state index in [0.29, 0.717) is 19.3 Å². The first-order valence-corrected chi connectivity index (χ1v) is 14.2. The van der Waals surface area contributed by atoms with Crippen LogP contribution in [0.3, 0.4) is 0 Å². The lowest BCUT2D eigenvalue weighted by Gasteiger charge is -2.23. The minimum atomic E-state index is -1.09. The lowest BCUT2D eigenvalue weighted by atomic mass is 10.0. The molecule has 4 atom stereocenters. The van der Waals surface area contributed by atoms with E-state index in [0.717, 1.165) is 5.56 Å². The van der Waals surface area contributed by atoms with Crippen LogP contribution >= 0.6 is 0 Å². The van der Waals surface area contributed by atoms with Gasteiger partial charge in [0.05, 0.1) is 6.54 Å². The Morgan fingerprint density at radius 1 is 0.953 bits per heavy atom. The minimum absolute atomic E-state index is 0.0374. The Kier molecular flexibility index (Phi) is 13.9. The van der Waals surface area contributed by atoms with Crippen LogP contribution in [0, 0.1) is 5.92 Å². The summed E-state index contributed by atoms with van der Waals surface area (Å²) in [5, 5.41) is 12.9.